The summed E-state index contributed by atoms with van der Waals surface area (Å²) in [6, 6.07) is 11.5. The molecule has 1 heterocycles. The molecule has 0 bridgehead atoms. The van der Waals surface area contributed by atoms with Gasteiger partial charge in [-0.15, -0.1) is 4.40 Å². The summed E-state index contributed by atoms with van der Waals surface area (Å²) in [7, 11) is -0.823. The molecule has 1 N–H and O–H groups in total. The van der Waals surface area contributed by atoms with Crippen LogP contribution in [-0.2, 0) is 26.1 Å². The Labute approximate surface area is 172 Å². The minimum absolute atomic E-state index is 0.0768. The molecular weight excluding hydrogens is 414 g/mol. The first-order chi connectivity index (χ1) is 13.8. The molecule has 0 unspecified atom stereocenters. The van der Waals surface area contributed by atoms with Gasteiger partial charge in [-0.1, -0.05) is 11.3 Å². The highest BCUT2D eigenvalue weighted by molar-refractivity contribution is 7.90. The number of nitrogens with zero attached hydrogens (tertiary/aromatic N) is 2. The Morgan fingerprint density at radius 3 is 2.52 bits per heavy atom. The van der Waals surface area contributed by atoms with Crippen molar-refractivity contribution in [2.45, 2.75) is 18.4 Å². The SMILES string of the molecule is COCCn1/c(=N/S(=O)(=O)c2ccc(OC)cc2)sc2cc(NC(C)=O)ccc21. The van der Waals surface area contributed by atoms with Crippen LogP contribution in [0.15, 0.2) is 51.8 Å². The number of benzene rings is 2. The number of anilines is 1. The van der Waals surface area contributed by atoms with Crippen LogP contribution in [0.5, 0.6) is 5.75 Å². The van der Waals surface area contributed by atoms with Crippen LogP contribution in [0.1, 0.15) is 6.92 Å². The molecule has 0 aliphatic heterocycles. The lowest BCUT2D eigenvalue weighted by molar-refractivity contribution is -0.114. The number of ether oxygens (including phenoxy) is 2. The monoisotopic (exact) mass is 435 g/mol. The third-order valence-corrected chi connectivity index (χ3v) is 6.52. The second-order valence-electron chi connectivity index (χ2n) is 6.13. The van der Waals surface area contributed by atoms with Crippen molar-refractivity contribution in [1.29, 1.82) is 0 Å². The molecule has 0 saturated carbocycles. The summed E-state index contributed by atoms with van der Waals surface area (Å²) < 4.78 is 42.5. The van der Waals surface area contributed by atoms with Crippen molar-refractivity contribution in [3.63, 3.8) is 0 Å². The predicted molar refractivity (Wildman–Crippen MR) is 112 cm³/mol. The van der Waals surface area contributed by atoms with Gasteiger partial charge in [0.25, 0.3) is 10.0 Å². The summed E-state index contributed by atoms with van der Waals surface area (Å²) in [4.78, 5) is 11.7. The molecule has 3 aromatic rings. The number of amides is 1. The van der Waals surface area contributed by atoms with Crippen molar-refractivity contribution >= 4 is 43.2 Å². The third-order valence-electron chi connectivity index (χ3n) is 4.08. The van der Waals surface area contributed by atoms with E-state index in [2.05, 4.69) is 9.71 Å². The Morgan fingerprint density at radius 2 is 1.90 bits per heavy atom. The van der Waals surface area contributed by atoms with Crippen LogP contribution >= 0.6 is 11.3 Å². The van der Waals surface area contributed by atoms with E-state index >= 15 is 0 Å². The van der Waals surface area contributed by atoms with E-state index in [-0.39, 0.29) is 10.8 Å². The largest absolute Gasteiger partial charge is 0.497 e. The Morgan fingerprint density at radius 1 is 1.17 bits per heavy atom. The number of fused-ring (bicyclic) bond motifs is 1. The number of sulfonamides is 1. The summed E-state index contributed by atoms with van der Waals surface area (Å²) in [6.07, 6.45) is 0. The highest BCUT2D eigenvalue weighted by Gasteiger charge is 2.15. The molecule has 1 aromatic heterocycles. The number of rotatable bonds is 7. The van der Waals surface area contributed by atoms with Crippen LogP contribution < -0.4 is 14.9 Å². The maximum absolute atomic E-state index is 12.8. The molecule has 154 valence electrons. The number of aromatic nitrogens is 1. The average Bonchev–Trinajstić information content (AvgIpc) is 3.01. The van der Waals surface area contributed by atoms with Crippen molar-refractivity contribution in [3.8, 4) is 5.75 Å². The molecule has 3 rings (SSSR count). The van der Waals surface area contributed by atoms with Gasteiger partial charge in [-0.2, -0.15) is 8.42 Å². The first-order valence-corrected chi connectivity index (χ1v) is 10.9. The fourth-order valence-electron chi connectivity index (χ4n) is 2.73. The van der Waals surface area contributed by atoms with Gasteiger partial charge in [0.2, 0.25) is 10.7 Å². The van der Waals surface area contributed by atoms with E-state index in [0.717, 1.165) is 10.2 Å². The van der Waals surface area contributed by atoms with Crippen LogP contribution in [-0.4, -0.2) is 39.7 Å². The Kier molecular flexibility index (Phi) is 6.36. The standard InChI is InChI=1S/C19H21N3O5S2/c1-13(23)20-14-4-9-17-18(12-14)28-19(22(17)10-11-26-2)21-29(24,25)16-7-5-15(27-3)6-8-16/h4-9,12H,10-11H2,1-3H3,(H,20,23)/b21-19-. The summed E-state index contributed by atoms with van der Waals surface area (Å²) in [6.45, 7) is 2.27. The second-order valence-corrected chi connectivity index (χ2v) is 8.75. The van der Waals surface area contributed by atoms with Gasteiger partial charge in [0.15, 0.2) is 0 Å². The summed E-state index contributed by atoms with van der Waals surface area (Å²) in [5.74, 6) is 0.381. The van der Waals surface area contributed by atoms with E-state index in [1.807, 2.05) is 6.07 Å². The van der Waals surface area contributed by atoms with E-state index in [9.17, 15) is 13.2 Å². The van der Waals surface area contributed by atoms with Gasteiger partial charge < -0.3 is 19.4 Å². The molecule has 0 fully saturated rings. The van der Waals surface area contributed by atoms with E-state index in [1.54, 1.807) is 35.9 Å². The first-order valence-electron chi connectivity index (χ1n) is 8.69. The topological polar surface area (TPSA) is 99.0 Å². The molecule has 0 atom stereocenters. The summed E-state index contributed by atoms with van der Waals surface area (Å²) in [5.41, 5.74) is 1.44. The van der Waals surface area contributed by atoms with E-state index in [0.29, 0.717) is 29.4 Å². The molecule has 0 aliphatic rings. The maximum atomic E-state index is 12.8. The van der Waals surface area contributed by atoms with E-state index in [1.165, 1.54) is 37.5 Å². The second kappa shape index (κ2) is 8.76. The molecule has 10 heteroatoms. The number of thiazole rings is 1. The number of hydrogen-bond donors (Lipinski definition) is 1. The molecule has 0 spiro atoms. The zero-order valence-corrected chi connectivity index (χ0v) is 17.8. The number of hydrogen-bond acceptors (Lipinski definition) is 6. The van der Waals surface area contributed by atoms with Crippen molar-refractivity contribution in [2.24, 2.45) is 4.40 Å². The summed E-state index contributed by atoms with van der Waals surface area (Å²) in [5, 5.41) is 2.73. The Hall–Kier alpha value is -2.69. The van der Waals surface area contributed by atoms with Crippen LogP contribution in [0, 0.1) is 0 Å². The molecule has 1 amide bonds. The van der Waals surface area contributed by atoms with Crippen molar-refractivity contribution in [1.82, 2.24) is 4.57 Å². The van der Waals surface area contributed by atoms with Gasteiger partial charge in [0.1, 0.15) is 5.75 Å². The zero-order valence-electron chi connectivity index (χ0n) is 16.2. The lowest BCUT2D eigenvalue weighted by atomic mass is 10.3. The van der Waals surface area contributed by atoms with E-state index in [4.69, 9.17) is 9.47 Å². The van der Waals surface area contributed by atoms with Gasteiger partial charge in [0, 0.05) is 26.3 Å². The highest BCUT2D eigenvalue weighted by atomic mass is 32.2. The minimum Gasteiger partial charge on any atom is -0.497 e. The van der Waals surface area contributed by atoms with E-state index < -0.39 is 10.0 Å². The maximum Gasteiger partial charge on any atom is 0.285 e. The predicted octanol–water partition coefficient (Wildman–Crippen LogP) is 2.61. The molecule has 29 heavy (non-hydrogen) atoms. The molecule has 8 nitrogen and oxygen atoms in total. The number of methoxy groups -OCH3 is 2. The highest BCUT2D eigenvalue weighted by Crippen LogP contribution is 2.23. The molecular formula is C19H21N3O5S2. The normalized spacial score (nSPS) is 12.3. The van der Waals surface area contributed by atoms with Crippen LogP contribution in [0.4, 0.5) is 5.69 Å². The van der Waals surface area contributed by atoms with Crippen molar-refractivity contribution in [3.05, 3.63) is 47.3 Å². The molecule has 0 saturated heterocycles. The minimum atomic E-state index is -3.91. The fourth-order valence-corrected chi connectivity index (χ4v) is 5.02. The van der Waals surface area contributed by atoms with Crippen molar-refractivity contribution in [2.75, 3.05) is 26.1 Å². The lowest BCUT2D eigenvalue weighted by Crippen LogP contribution is -2.19. The van der Waals surface area contributed by atoms with Gasteiger partial charge in [-0.05, 0) is 42.5 Å². The smallest absolute Gasteiger partial charge is 0.285 e. The molecule has 0 aliphatic carbocycles. The average molecular weight is 436 g/mol. The lowest BCUT2D eigenvalue weighted by Gasteiger charge is -2.06. The Bertz CT molecular complexity index is 1190. The van der Waals surface area contributed by atoms with Gasteiger partial charge in [0.05, 0.1) is 28.8 Å². The Balaban J connectivity index is 2.13. The molecule has 2 aromatic carbocycles. The number of carbonyl (C=O) groups is 1. The third kappa shape index (κ3) is 4.84. The van der Waals surface area contributed by atoms with Gasteiger partial charge >= 0.3 is 0 Å². The first kappa shape index (κ1) is 21.0. The van der Waals surface area contributed by atoms with Crippen LogP contribution in [0.3, 0.4) is 0 Å². The quantitative estimate of drug-likeness (QED) is 0.615. The number of nitrogens with one attached hydrogen (secondary N) is 1. The van der Waals surface area contributed by atoms with Crippen molar-refractivity contribution < 1.29 is 22.7 Å². The van der Waals surface area contributed by atoms with Crippen LogP contribution in [0.25, 0.3) is 10.2 Å². The molecule has 0 radical (unpaired) electrons. The zero-order chi connectivity index (χ0) is 21.0. The fraction of sp³-hybridized carbons (Fsp3) is 0.263. The number of carbonyl (C=O) groups excluding carboxylic acids is 1. The van der Waals surface area contributed by atoms with Crippen LogP contribution in [0.2, 0.25) is 0 Å². The van der Waals surface area contributed by atoms with Gasteiger partial charge in [-0.3, -0.25) is 4.79 Å². The summed E-state index contributed by atoms with van der Waals surface area (Å²) >= 11 is 1.23. The van der Waals surface area contributed by atoms with Gasteiger partial charge in [-0.25, -0.2) is 0 Å².